The SMILES string of the molecule is Cc1ccc([N+](=O)[O-])cc1N([C@H](C)C(=O)N[C@H](C)c1ccc(F)cc1)S(C)(=O)=O. The summed E-state index contributed by atoms with van der Waals surface area (Å²) in [5.41, 5.74) is 0.877. The molecule has 0 fully saturated rings. The first-order valence-electron chi connectivity index (χ1n) is 8.72. The minimum atomic E-state index is -3.93. The lowest BCUT2D eigenvalue weighted by molar-refractivity contribution is -0.384. The number of nitrogens with zero attached hydrogens (tertiary/aromatic N) is 2. The van der Waals surface area contributed by atoms with E-state index in [1.807, 2.05) is 0 Å². The van der Waals surface area contributed by atoms with Gasteiger partial charge in [0.2, 0.25) is 15.9 Å². The Morgan fingerprint density at radius 3 is 2.28 bits per heavy atom. The van der Waals surface area contributed by atoms with E-state index in [-0.39, 0.29) is 11.4 Å². The summed E-state index contributed by atoms with van der Waals surface area (Å²) in [5.74, 6) is -1.01. The third-order valence-electron chi connectivity index (χ3n) is 4.46. The maximum absolute atomic E-state index is 13.1. The molecule has 0 aliphatic carbocycles. The molecule has 2 aromatic rings. The summed E-state index contributed by atoms with van der Waals surface area (Å²) in [7, 11) is -3.93. The molecule has 0 heterocycles. The number of anilines is 1. The normalized spacial score (nSPS) is 13.4. The molecular formula is C19H22FN3O5S. The molecule has 0 radical (unpaired) electrons. The summed E-state index contributed by atoms with van der Waals surface area (Å²) < 4.78 is 38.8. The second kappa shape index (κ2) is 8.56. The number of nitro benzene ring substituents is 1. The molecule has 1 N–H and O–H groups in total. The molecule has 1 amide bonds. The minimum Gasteiger partial charge on any atom is -0.348 e. The van der Waals surface area contributed by atoms with Crippen molar-refractivity contribution in [1.82, 2.24) is 5.32 Å². The van der Waals surface area contributed by atoms with Crippen molar-refractivity contribution >= 4 is 27.3 Å². The van der Waals surface area contributed by atoms with Crippen molar-refractivity contribution < 1.29 is 22.5 Å². The quantitative estimate of drug-likeness (QED) is 0.544. The third kappa shape index (κ3) is 5.29. The van der Waals surface area contributed by atoms with Gasteiger partial charge < -0.3 is 5.32 Å². The van der Waals surface area contributed by atoms with Crippen molar-refractivity contribution in [3.8, 4) is 0 Å². The number of halogens is 1. The highest BCUT2D eigenvalue weighted by Gasteiger charge is 2.31. The molecule has 0 aromatic heterocycles. The maximum atomic E-state index is 13.1. The predicted molar refractivity (Wildman–Crippen MR) is 108 cm³/mol. The number of hydrogen-bond acceptors (Lipinski definition) is 5. The number of hydrogen-bond donors (Lipinski definition) is 1. The Morgan fingerprint density at radius 1 is 1.17 bits per heavy atom. The number of carbonyl (C=O) groups is 1. The summed E-state index contributed by atoms with van der Waals surface area (Å²) in [6.45, 7) is 4.68. The molecule has 8 nitrogen and oxygen atoms in total. The summed E-state index contributed by atoms with van der Waals surface area (Å²) in [6.07, 6.45) is 0.929. The van der Waals surface area contributed by atoms with Gasteiger partial charge in [-0.25, -0.2) is 12.8 Å². The van der Waals surface area contributed by atoms with Gasteiger partial charge in [-0.05, 0) is 44.0 Å². The summed E-state index contributed by atoms with van der Waals surface area (Å²) in [5, 5.41) is 13.8. The Labute approximate surface area is 168 Å². The molecular weight excluding hydrogens is 401 g/mol. The fourth-order valence-electron chi connectivity index (χ4n) is 2.90. The fraction of sp³-hybridized carbons (Fsp3) is 0.316. The van der Waals surface area contributed by atoms with E-state index in [0.717, 1.165) is 16.6 Å². The molecule has 0 saturated heterocycles. The first-order valence-corrected chi connectivity index (χ1v) is 10.6. The van der Waals surface area contributed by atoms with Crippen LogP contribution in [0.25, 0.3) is 0 Å². The molecule has 29 heavy (non-hydrogen) atoms. The molecule has 0 aliphatic rings. The van der Waals surface area contributed by atoms with Crippen molar-refractivity contribution in [2.45, 2.75) is 32.9 Å². The molecule has 0 bridgehead atoms. The number of amides is 1. The molecule has 0 aliphatic heterocycles. The standard InChI is InChI=1S/C19H22FN3O5S/c1-12-5-10-17(23(25)26)11-18(12)22(29(4,27)28)14(3)19(24)21-13(2)15-6-8-16(20)9-7-15/h5-11,13-14H,1-4H3,(H,21,24)/t13-,14-/m1/s1. The van der Waals surface area contributed by atoms with E-state index in [2.05, 4.69) is 5.32 Å². The van der Waals surface area contributed by atoms with Gasteiger partial charge >= 0.3 is 0 Å². The van der Waals surface area contributed by atoms with Gasteiger partial charge in [0.25, 0.3) is 5.69 Å². The van der Waals surface area contributed by atoms with Gasteiger partial charge in [-0.15, -0.1) is 0 Å². The van der Waals surface area contributed by atoms with Crippen LogP contribution in [0.15, 0.2) is 42.5 Å². The van der Waals surface area contributed by atoms with Crippen molar-refractivity contribution in [2.24, 2.45) is 0 Å². The van der Waals surface area contributed by atoms with Gasteiger partial charge in [0.1, 0.15) is 11.9 Å². The monoisotopic (exact) mass is 423 g/mol. The van der Waals surface area contributed by atoms with E-state index < -0.39 is 38.8 Å². The minimum absolute atomic E-state index is 0.0544. The number of carbonyl (C=O) groups excluding carboxylic acids is 1. The molecule has 10 heteroatoms. The van der Waals surface area contributed by atoms with Crippen LogP contribution in [0, 0.1) is 22.9 Å². The van der Waals surface area contributed by atoms with Crippen molar-refractivity contribution in [1.29, 1.82) is 0 Å². The van der Waals surface area contributed by atoms with Crippen molar-refractivity contribution in [2.75, 3.05) is 10.6 Å². The van der Waals surface area contributed by atoms with E-state index in [9.17, 15) is 27.7 Å². The Kier molecular flexibility index (Phi) is 6.58. The number of nitrogens with one attached hydrogen (secondary N) is 1. The molecule has 156 valence electrons. The van der Waals surface area contributed by atoms with Crippen LogP contribution in [0.3, 0.4) is 0 Å². The highest BCUT2D eigenvalue weighted by Crippen LogP contribution is 2.29. The smallest absolute Gasteiger partial charge is 0.271 e. The predicted octanol–water partition coefficient (Wildman–Crippen LogP) is 3.07. The number of aryl methyl sites for hydroxylation is 1. The lowest BCUT2D eigenvalue weighted by atomic mass is 10.1. The molecule has 0 spiro atoms. The van der Waals surface area contributed by atoms with Crippen LogP contribution in [0.1, 0.15) is 31.0 Å². The molecule has 2 atom stereocenters. The third-order valence-corrected chi connectivity index (χ3v) is 5.69. The average Bonchev–Trinajstić information content (AvgIpc) is 2.62. The van der Waals surface area contributed by atoms with E-state index >= 15 is 0 Å². The van der Waals surface area contributed by atoms with Crippen LogP contribution < -0.4 is 9.62 Å². The van der Waals surface area contributed by atoms with Crippen LogP contribution in [0.2, 0.25) is 0 Å². The highest BCUT2D eigenvalue weighted by molar-refractivity contribution is 7.92. The van der Waals surface area contributed by atoms with E-state index in [4.69, 9.17) is 0 Å². The number of nitro groups is 1. The first-order chi connectivity index (χ1) is 13.4. The van der Waals surface area contributed by atoms with Gasteiger partial charge in [-0.2, -0.15) is 0 Å². The molecule has 2 aromatic carbocycles. The highest BCUT2D eigenvalue weighted by atomic mass is 32.2. The fourth-order valence-corrected chi connectivity index (χ4v) is 4.12. The molecule has 0 unspecified atom stereocenters. The number of non-ortho nitro benzene ring substituents is 1. The van der Waals surface area contributed by atoms with Crippen molar-refractivity contribution in [3.05, 3.63) is 69.5 Å². The van der Waals surface area contributed by atoms with E-state index in [1.165, 1.54) is 43.3 Å². The van der Waals surface area contributed by atoms with E-state index in [1.54, 1.807) is 13.8 Å². The van der Waals surface area contributed by atoms with E-state index in [0.29, 0.717) is 11.1 Å². The number of sulfonamides is 1. The van der Waals surface area contributed by atoms with Crippen LogP contribution >= 0.6 is 0 Å². The zero-order valence-corrected chi connectivity index (χ0v) is 17.2. The second-order valence-corrected chi connectivity index (χ2v) is 8.60. The average molecular weight is 423 g/mol. The Bertz CT molecular complexity index is 1020. The topological polar surface area (TPSA) is 110 Å². The largest absolute Gasteiger partial charge is 0.348 e. The van der Waals surface area contributed by atoms with Gasteiger partial charge in [-0.3, -0.25) is 19.2 Å². The molecule has 2 rings (SSSR count). The molecule has 0 saturated carbocycles. The zero-order valence-electron chi connectivity index (χ0n) is 16.4. The van der Waals surface area contributed by atoms with Gasteiger partial charge in [-0.1, -0.05) is 18.2 Å². The Morgan fingerprint density at radius 2 is 1.76 bits per heavy atom. The lowest BCUT2D eigenvalue weighted by Gasteiger charge is -2.30. The lowest BCUT2D eigenvalue weighted by Crippen LogP contribution is -2.48. The number of benzene rings is 2. The summed E-state index contributed by atoms with van der Waals surface area (Å²) >= 11 is 0. The van der Waals surface area contributed by atoms with Crippen LogP contribution in [-0.2, 0) is 14.8 Å². The van der Waals surface area contributed by atoms with Gasteiger partial charge in [0.15, 0.2) is 0 Å². The summed E-state index contributed by atoms with van der Waals surface area (Å²) in [6, 6.07) is 7.70. The maximum Gasteiger partial charge on any atom is 0.271 e. The van der Waals surface area contributed by atoms with Crippen LogP contribution in [0.5, 0.6) is 0 Å². The van der Waals surface area contributed by atoms with Crippen molar-refractivity contribution in [3.63, 3.8) is 0 Å². The second-order valence-electron chi connectivity index (χ2n) is 6.74. The van der Waals surface area contributed by atoms with Gasteiger partial charge in [0, 0.05) is 12.1 Å². The zero-order chi connectivity index (χ0) is 21.9. The Balaban J connectivity index is 2.36. The van der Waals surface area contributed by atoms with Gasteiger partial charge in [0.05, 0.1) is 22.9 Å². The van der Waals surface area contributed by atoms with Crippen LogP contribution in [0.4, 0.5) is 15.8 Å². The number of rotatable bonds is 7. The van der Waals surface area contributed by atoms with Crippen LogP contribution in [-0.4, -0.2) is 31.5 Å². The first kappa shape index (κ1) is 22.3. The summed E-state index contributed by atoms with van der Waals surface area (Å²) in [4.78, 5) is 23.2. The Hall–Kier alpha value is -3.01.